The Hall–Kier alpha value is -1.47. The molecule has 1 aliphatic rings. The van der Waals surface area contributed by atoms with Gasteiger partial charge in [0.15, 0.2) is 23.7 Å². The summed E-state index contributed by atoms with van der Waals surface area (Å²) in [5.41, 5.74) is -0.439. The molecule has 1 saturated heterocycles. The third-order valence-corrected chi connectivity index (χ3v) is 5.33. The van der Waals surface area contributed by atoms with Crippen LogP contribution in [0.2, 0.25) is 0 Å². The first-order valence-corrected chi connectivity index (χ1v) is 9.60. The van der Waals surface area contributed by atoms with E-state index in [1.807, 2.05) is 0 Å². The zero-order chi connectivity index (χ0) is 18.4. The predicted octanol–water partition coefficient (Wildman–Crippen LogP) is -1.05. The van der Waals surface area contributed by atoms with Gasteiger partial charge in [-0.3, -0.25) is 13.9 Å². The van der Waals surface area contributed by atoms with Crippen LogP contribution in [0.3, 0.4) is 0 Å². The average molecular weight is 398 g/mol. The van der Waals surface area contributed by atoms with E-state index in [4.69, 9.17) is 14.5 Å². The fourth-order valence-corrected chi connectivity index (χ4v) is 3.95. The number of aromatic amines is 1. The number of hydrogen-bond donors (Lipinski definition) is 5. The molecule has 0 bridgehead atoms. The molecule has 2 aromatic rings. The first-order valence-electron chi connectivity index (χ1n) is 6.57. The molecule has 3 heterocycles. The van der Waals surface area contributed by atoms with Crippen molar-refractivity contribution >= 4 is 26.8 Å². The van der Waals surface area contributed by atoms with Crippen LogP contribution < -0.4 is 5.56 Å². The number of rotatable bonds is 5. The van der Waals surface area contributed by atoms with Crippen molar-refractivity contribution in [3.05, 3.63) is 23.0 Å². The molecule has 2 aromatic heterocycles. The van der Waals surface area contributed by atoms with E-state index >= 15 is 0 Å². The van der Waals surface area contributed by atoms with E-state index in [0.717, 1.165) is 6.33 Å². The molecule has 1 aliphatic heterocycles. The summed E-state index contributed by atoms with van der Waals surface area (Å²) >= 11 is 0. The van der Waals surface area contributed by atoms with Gasteiger partial charge in [0, 0.05) is 6.42 Å². The Labute approximate surface area is 137 Å². The molecule has 0 spiro atoms. The largest absolute Gasteiger partial charge is 0.483 e. The SMILES string of the molecule is O=c1[nH]cnc2c1ncn2[C@@H]1O[C@H](OP(=O)(O)OP(=O)(O)O)C[C@H]1O. The molecule has 0 radical (unpaired) electrons. The van der Waals surface area contributed by atoms with Crippen molar-refractivity contribution in [2.45, 2.75) is 25.0 Å². The lowest BCUT2D eigenvalue weighted by Crippen LogP contribution is -2.19. The molecule has 0 saturated carbocycles. The van der Waals surface area contributed by atoms with Gasteiger partial charge < -0.3 is 29.5 Å². The fraction of sp³-hybridized carbons (Fsp3) is 0.444. The Bertz CT molecular complexity index is 936. The molecular formula is C9H12N4O10P2. The van der Waals surface area contributed by atoms with Gasteiger partial charge in [0.05, 0.1) is 12.7 Å². The number of fused-ring (bicyclic) bond motifs is 1. The number of phosphoric ester groups is 1. The molecule has 1 unspecified atom stereocenters. The normalized spacial score (nSPS) is 26.8. The van der Waals surface area contributed by atoms with E-state index in [9.17, 15) is 23.9 Å². The van der Waals surface area contributed by atoms with Crippen LogP contribution in [0.1, 0.15) is 12.6 Å². The molecule has 138 valence electrons. The second-order valence-corrected chi connectivity index (χ2v) is 7.74. The zero-order valence-electron chi connectivity index (χ0n) is 12.1. The Balaban J connectivity index is 1.80. The summed E-state index contributed by atoms with van der Waals surface area (Å²) in [5.74, 6) is 0. The highest BCUT2D eigenvalue weighted by atomic mass is 31.3. The van der Waals surface area contributed by atoms with Crippen molar-refractivity contribution in [3.63, 3.8) is 0 Å². The van der Waals surface area contributed by atoms with Crippen LogP contribution >= 0.6 is 15.6 Å². The second-order valence-electron chi connectivity index (χ2n) is 4.96. The third-order valence-electron chi connectivity index (χ3n) is 3.15. The number of phosphoric acid groups is 2. The van der Waals surface area contributed by atoms with Crippen LogP contribution in [0.4, 0.5) is 0 Å². The molecule has 0 amide bonds. The van der Waals surface area contributed by atoms with Crippen molar-refractivity contribution in [2.24, 2.45) is 0 Å². The van der Waals surface area contributed by atoms with Crippen LogP contribution in [-0.2, 0) is 22.7 Å². The maximum atomic E-state index is 11.6. The third kappa shape index (κ3) is 4.03. The molecule has 16 heteroatoms. The minimum Gasteiger partial charge on any atom is -0.388 e. The van der Waals surface area contributed by atoms with Gasteiger partial charge in [-0.2, -0.15) is 4.31 Å². The molecule has 0 aliphatic carbocycles. The maximum Gasteiger partial charge on any atom is 0.483 e. The van der Waals surface area contributed by atoms with Gasteiger partial charge in [0.1, 0.15) is 6.10 Å². The number of imidazole rings is 1. The molecule has 14 nitrogen and oxygen atoms in total. The predicted molar refractivity (Wildman–Crippen MR) is 76.7 cm³/mol. The summed E-state index contributed by atoms with van der Waals surface area (Å²) in [7, 11) is -10.4. The van der Waals surface area contributed by atoms with E-state index in [0.29, 0.717) is 0 Å². The quantitative estimate of drug-likeness (QED) is 0.383. The summed E-state index contributed by atoms with van der Waals surface area (Å²) < 4.78 is 36.8. The number of hydrogen-bond acceptors (Lipinski definition) is 9. The molecule has 5 N–H and O–H groups in total. The van der Waals surface area contributed by atoms with Gasteiger partial charge in [0.25, 0.3) is 5.56 Å². The summed E-state index contributed by atoms with van der Waals surface area (Å²) in [6.45, 7) is 0. The van der Waals surface area contributed by atoms with E-state index in [1.165, 1.54) is 10.9 Å². The van der Waals surface area contributed by atoms with E-state index in [-0.39, 0.29) is 17.6 Å². The molecule has 0 aromatic carbocycles. The highest BCUT2D eigenvalue weighted by Crippen LogP contribution is 2.59. The number of H-pyrrole nitrogens is 1. The monoisotopic (exact) mass is 398 g/mol. The van der Waals surface area contributed by atoms with E-state index in [2.05, 4.69) is 23.8 Å². The fourth-order valence-electron chi connectivity index (χ4n) is 2.29. The smallest absolute Gasteiger partial charge is 0.388 e. The molecule has 1 fully saturated rings. The number of aliphatic hydroxyl groups excluding tert-OH is 1. The standard InChI is InChI=1S/C9H12N4O10P2/c14-4-1-5(22-25(19,20)23-24(16,17)18)21-9(4)13-3-12-6-7(13)10-2-11-8(6)15/h2-5,9,14H,1H2,(H,19,20)(H,10,11,15)(H2,16,17,18)/t4-,5-,9-/m1/s1. The number of ether oxygens (including phenoxy) is 1. The van der Waals surface area contributed by atoms with Gasteiger partial charge in [-0.05, 0) is 0 Å². The Morgan fingerprint density at radius 3 is 2.72 bits per heavy atom. The van der Waals surface area contributed by atoms with Crippen LogP contribution in [-0.4, -0.2) is 51.7 Å². The number of aliphatic hydroxyl groups is 1. The van der Waals surface area contributed by atoms with Gasteiger partial charge >= 0.3 is 15.6 Å². The highest BCUT2D eigenvalue weighted by molar-refractivity contribution is 7.60. The number of nitrogens with one attached hydrogen (secondary N) is 1. The van der Waals surface area contributed by atoms with Crippen LogP contribution in [0.25, 0.3) is 11.2 Å². The lowest BCUT2D eigenvalue weighted by molar-refractivity contribution is -0.114. The first-order chi connectivity index (χ1) is 11.6. The maximum absolute atomic E-state index is 11.6. The minimum absolute atomic E-state index is 0.0136. The van der Waals surface area contributed by atoms with E-state index < -0.39 is 39.8 Å². The summed E-state index contributed by atoms with van der Waals surface area (Å²) in [6, 6.07) is 0. The van der Waals surface area contributed by atoms with Crippen LogP contribution in [0, 0.1) is 0 Å². The summed E-state index contributed by atoms with van der Waals surface area (Å²) in [6.07, 6.45) is -1.95. The molecule has 25 heavy (non-hydrogen) atoms. The van der Waals surface area contributed by atoms with Gasteiger partial charge in [0.2, 0.25) is 0 Å². The van der Waals surface area contributed by atoms with Crippen molar-refractivity contribution < 1.29 is 42.5 Å². The van der Waals surface area contributed by atoms with Crippen LogP contribution in [0.5, 0.6) is 0 Å². The lowest BCUT2D eigenvalue weighted by atomic mass is 10.2. The Morgan fingerprint density at radius 2 is 2.04 bits per heavy atom. The Kier molecular flexibility index (Phi) is 4.66. The minimum atomic E-state index is -5.28. The molecular weight excluding hydrogens is 386 g/mol. The van der Waals surface area contributed by atoms with E-state index in [1.54, 1.807) is 0 Å². The van der Waals surface area contributed by atoms with Gasteiger partial charge in [-0.1, -0.05) is 0 Å². The number of nitrogens with zero attached hydrogens (tertiary/aromatic N) is 3. The zero-order valence-corrected chi connectivity index (χ0v) is 13.9. The molecule has 3 rings (SSSR count). The lowest BCUT2D eigenvalue weighted by Gasteiger charge is -2.18. The van der Waals surface area contributed by atoms with Crippen molar-refractivity contribution in [1.29, 1.82) is 0 Å². The van der Waals surface area contributed by atoms with Crippen molar-refractivity contribution in [2.75, 3.05) is 0 Å². The average Bonchev–Trinajstić information content (AvgIpc) is 2.99. The highest BCUT2D eigenvalue weighted by Gasteiger charge is 2.43. The Morgan fingerprint density at radius 1 is 1.32 bits per heavy atom. The van der Waals surface area contributed by atoms with Crippen LogP contribution in [0.15, 0.2) is 17.4 Å². The van der Waals surface area contributed by atoms with Crippen molar-refractivity contribution in [3.8, 4) is 0 Å². The van der Waals surface area contributed by atoms with Gasteiger partial charge in [-0.25, -0.2) is 19.1 Å². The van der Waals surface area contributed by atoms with Crippen molar-refractivity contribution in [1.82, 2.24) is 19.5 Å². The first kappa shape index (κ1) is 18.3. The second kappa shape index (κ2) is 6.36. The number of aromatic nitrogens is 4. The summed E-state index contributed by atoms with van der Waals surface area (Å²) in [4.78, 5) is 48.1. The summed E-state index contributed by atoms with van der Waals surface area (Å²) in [5, 5.41) is 10.1. The topological polar surface area (TPSA) is 206 Å². The van der Waals surface area contributed by atoms with Gasteiger partial charge in [-0.15, -0.1) is 0 Å². The molecule has 4 atom stereocenters.